The smallest absolute Gasteiger partial charge is 0.253 e. The van der Waals surface area contributed by atoms with Gasteiger partial charge in [0.25, 0.3) is 5.95 Å². The minimum absolute atomic E-state index is 0.144. The van der Waals surface area contributed by atoms with E-state index in [9.17, 15) is 4.79 Å². The number of nitrogens with zero attached hydrogens (tertiary/aromatic N) is 3. The Morgan fingerprint density at radius 2 is 1.69 bits per heavy atom. The van der Waals surface area contributed by atoms with E-state index >= 15 is 0 Å². The van der Waals surface area contributed by atoms with Crippen LogP contribution >= 0.6 is 11.6 Å². The molecule has 1 heterocycles. The lowest BCUT2D eigenvalue weighted by Crippen LogP contribution is -2.34. The van der Waals surface area contributed by atoms with Gasteiger partial charge in [-0.15, -0.1) is 0 Å². The number of anilines is 1. The number of guanidine groups is 1. The maximum absolute atomic E-state index is 11.6. The number of rotatable bonds is 4. The van der Waals surface area contributed by atoms with E-state index in [0.29, 0.717) is 22.2 Å². The number of aryl methyl sites for hydroxylation is 2. The van der Waals surface area contributed by atoms with Crippen LogP contribution in [0.3, 0.4) is 0 Å². The van der Waals surface area contributed by atoms with E-state index in [4.69, 9.17) is 21.1 Å². The second-order valence-corrected chi connectivity index (χ2v) is 5.81. The molecule has 0 spiro atoms. The summed E-state index contributed by atoms with van der Waals surface area (Å²) in [6.45, 7) is 5.05. The number of halogens is 1. The third kappa shape index (κ3) is 5.06. The van der Waals surface area contributed by atoms with E-state index in [-0.39, 0.29) is 17.8 Å². The van der Waals surface area contributed by atoms with Gasteiger partial charge < -0.3 is 14.8 Å². The minimum atomic E-state index is -0.305. The molecule has 0 fully saturated rings. The van der Waals surface area contributed by atoms with Crippen molar-refractivity contribution in [3.05, 3.63) is 34.6 Å². The molecular formula is C17H20ClN5O3. The molecule has 2 rings (SSSR count). The van der Waals surface area contributed by atoms with Gasteiger partial charge in [0.05, 0.1) is 24.9 Å². The fourth-order valence-electron chi connectivity index (χ4n) is 2.20. The van der Waals surface area contributed by atoms with Gasteiger partial charge in [-0.05, 0) is 19.9 Å². The number of aliphatic imine (C=N–C) groups is 1. The van der Waals surface area contributed by atoms with E-state index in [1.165, 1.54) is 21.1 Å². The van der Waals surface area contributed by atoms with Gasteiger partial charge in [-0.2, -0.15) is 4.99 Å². The average molecular weight is 378 g/mol. The third-order valence-electron chi connectivity index (χ3n) is 3.20. The van der Waals surface area contributed by atoms with Crippen LogP contribution in [0.1, 0.15) is 18.3 Å². The Morgan fingerprint density at radius 1 is 1.08 bits per heavy atom. The molecule has 138 valence electrons. The summed E-state index contributed by atoms with van der Waals surface area (Å²) >= 11 is 6.11. The van der Waals surface area contributed by atoms with Gasteiger partial charge in [0.2, 0.25) is 11.9 Å². The highest BCUT2D eigenvalue weighted by Crippen LogP contribution is 2.35. The van der Waals surface area contributed by atoms with Crippen LogP contribution in [0, 0.1) is 13.8 Å². The normalized spacial score (nSPS) is 11.1. The van der Waals surface area contributed by atoms with E-state index in [0.717, 1.165) is 11.4 Å². The van der Waals surface area contributed by atoms with Crippen LogP contribution in [0.4, 0.5) is 11.6 Å². The zero-order chi connectivity index (χ0) is 19.3. The first kappa shape index (κ1) is 19.5. The molecule has 1 amide bonds. The van der Waals surface area contributed by atoms with Gasteiger partial charge in [-0.3, -0.25) is 10.1 Å². The minimum Gasteiger partial charge on any atom is -0.495 e. The molecule has 2 N–H and O–H groups in total. The zero-order valence-electron chi connectivity index (χ0n) is 15.2. The van der Waals surface area contributed by atoms with Gasteiger partial charge >= 0.3 is 0 Å². The molecule has 0 unspecified atom stereocenters. The highest BCUT2D eigenvalue weighted by atomic mass is 35.5. The number of aromatic nitrogens is 2. The van der Waals surface area contributed by atoms with Crippen LogP contribution < -0.4 is 20.1 Å². The molecule has 9 heteroatoms. The standard InChI is InChI=1S/C17H20ClN5O3/c1-9-6-10(2)20-16(19-9)23-17(21-11(3)24)22-13-8-14(25-4)12(18)7-15(13)26-5/h6-8H,1-5H3,(H2,19,20,21,22,23,24). The number of carbonyl (C=O) groups excluding carboxylic acids is 1. The topological polar surface area (TPSA) is 97.7 Å². The zero-order valence-corrected chi connectivity index (χ0v) is 15.9. The third-order valence-corrected chi connectivity index (χ3v) is 3.50. The lowest BCUT2D eigenvalue weighted by molar-refractivity contribution is -0.117. The lowest BCUT2D eigenvalue weighted by Gasteiger charge is -2.15. The van der Waals surface area contributed by atoms with E-state index in [1.807, 2.05) is 19.9 Å². The second kappa shape index (κ2) is 8.48. The fraction of sp³-hybridized carbons (Fsp3) is 0.294. The molecule has 0 bridgehead atoms. The van der Waals surface area contributed by atoms with Crippen LogP contribution in [0.2, 0.25) is 5.02 Å². The number of nitrogens with one attached hydrogen (secondary N) is 2. The first-order valence-electron chi connectivity index (χ1n) is 7.69. The molecule has 1 aromatic carbocycles. The average Bonchev–Trinajstić information content (AvgIpc) is 2.54. The van der Waals surface area contributed by atoms with E-state index < -0.39 is 0 Å². The first-order chi connectivity index (χ1) is 12.3. The van der Waals surface area contributed by atoms with Crippen molar-refractivity contribution in [2.75, 3.05) is 19.5 Å². The summed E-state index contributed by atoms with van der Waals surface area (Å²) in [5.74, 6) is 0.958. The number of ether oxygens (including phenoxy) is 2. The summed E-state index contributed by atoms with van der Waals surface area (Å²) in [5, 5.41) is 6.00. The van der Waals surface area contributed by atoms with Gasteiger partial charge in [0.1, 0.15) is 11.5 Å². The summed E-state index contributed by atoms with van der Waals surface area (Å²) in [5.41, 5.74) is 2.04. The number of carbonyl (C=O) groups is 1. The van der Waals surface area contributed by atoms with E-state index in [2.05, 4.69) is 25.6 Å². The van der Waals surface area contributed by atoms with Crippen LogP contribution in [0.25, 0.3) is 0 Å². The highest BCUT2D eigenvalue weighted by molar-refractivity contribution is 6.32. The molecule has 0 radical (unpaired) electrons. The van der Waals surface area contributed by atoms with Crippen molar-refractivity contribution < 1.29 is 14.3 Å². The maximum atomic E-state index is 11.6. The Morgan fingerprint density at radius 3 is 2.23 bits per heavy atom. The number of benzene rings is 1. The molecule has 2 aromatic rings. The SMILES string of the molecule is COc1cc(N/C(=N/c2nc(C)cc(C)n2)NC(C)=O)c(OC)cc1Cl. The quantitative estimate of drug-likeness (QED) is 0.627. The van der Waals surface area contributed by atoms with Crippen molar-refractivity contribution >= 4 is 35.1 Å². The molecule has 0 aliphatic carbocycles. The van der Waals surface area contributed by atoms with Gasteiger partial charge in [-0.1, -0.05) is 11.6 Å². The Labute approximate surface area is 156 Å². The molecule has 0 saturated carbocycles. The van der Waals surface area contributed by atoms with Crippen LogP contribution in [0.5, 0.6) is 11.5 Å². The number of methoxy groups -OCH3 is 2. The van der Waals surface area contributed by atoms with Crippen molar-refractivity contribution in [2.24, 2.45) is 4.99 Å². The number of hydrogen-bond donors (Lipinski definition) is 2. The summed E-state index contributed by atoms with van der Waals surface area (Å²) in [6, 6.07) is 5.07. The molecule has 0 aliphatic heterocycles. The predicted octanol–water partition coefficient (Wildman–Crippen LogP) is 3.00. The highest BCUT2D eigenvalue weighted by Gasteiger charge is 2.13. The second-order valence-electron chi connectivity index (χ2n) is 5.40. The van der Waals surface area contributed by atoms with E-state index in [1.54, 1.807) is 12.1 Å². The van der Waals surface area contributed by atoms with Crippen LogP contribution in [0.15, 0.2) is 23.2 Å². The molecule has 0 aliphatic rings. The lowest BCUT2D eigenvalue weighted by atomic mass is 10.2. The van der Waals surface area contributed by atoms with Crippen molar-refractivity contribution in [3.63, 3.8) is 0 Å². The summed E-state index contributed by atoms with van der Waals surface area (Å²) in [4.78, 5) is 24.3. The monoisotopic (exact) mass is 377 g/mol. The van der Waals surface area contributed by atoms with Crippen molar-refractivity contribution in [2.45, 2.75) is 20.8 Å². The largest absolute Gasteiger partial charge is 0.495 e. The number of hydrogen-bond acceptors (Lipinski definition) is 6. The molecular weight excluding hydrogens is 358 g/mol. The predicted molar refractivity (Wildman–Crippen MR) is 101 cm³/mol. The van der Waals surface area contributed by atoms with Crippen LogP contribution in [-0.2, 0) is 4.79 Å². The fourth-order valence-corrected chi connectivity index (χ4v) is 2.43. The molecule has 1 aromatic heterocycles. The Bertz CT molecular complexity index is 834. The van der Waals surface area contributed by atoms with Gasteiger partial charge in [-0.25, -0.2) is 9.97 Å². The maximum Gasteiger partial charge on any atom is 0.253 e. The summed E-state index contributed by atoms with van der Waals surface area (Å²) in [6.07, 6.45) is 0. The summed E-state index contributed by atoms with van der Waals surface area (Å²) in [7, 11) is 3.01. The molecule has 26 heavy (non-hydrogen) atoms. The number of amides is 1. The Kier molecular flexibility index (Phi) is 6.35. The molecule has 8 nitrogen and oxygen atoms in total. The van der Waals surface area contributed by atoms with Crippen molar-refractivity contribution in [3.8, 4) is 11.5 Å². The first-order valence-corrected chi connectivity index (χ1v) is 8.07. The van der Waals surface area contributed by atoms with Gasteiger partial charge in [0, 0.05) is 30.4 Å². The molecule has 0 atom stereocenters. The van der Waals surface area contributed by atoms with Crippen molar-refractivity contribution in [1.29, 1.82) is 0 Å². The Hall–Kier alpha value is -2.87. The summed E-state index contributed by atoms with van der Waals surface area (Å²) < 4.78 is 10.5. The van der Waals surface area contributed by atoms with Gasteiger partial charge in [0.15, 0.2) is 0 Å². The molecule has 0 saturated heterocycles. The van der Waals surface area contributed by atoms with Crippen molar-refractivity contribution in [1.82, 2.24) is 15.3 Å². The van der Waals surface area contributed by atoms with Crippen LogP contribution in [-0.4, -0.2) is 36.1 Å². The Balaban J connectivity index is 2.45.